The number of hydrogen-bond donors (Lipinski definition) is 0. The molecule has 2 aromatic carbocycles. The summed E-state index contributed by atoms with van der Waals surface area (Å²) in [6.45, 7) is 2.26. The monoisotopic (exact) mass is 482 g/mol. The number of carbonyl (C=O) groups excluding carboxylic acids is 1. The van der Waals surface area contributed by atoms with Gasteiger partial charge in [-0.3, -0.25) is 9.36 Å². The van der Waals surface area contributed by atoms with Crippen molar-refractivity contribution in [2.45, 2.75) is 4.90 Å². The molecule has 5 rings (SSSR count). The molecule has 1 saturated heterocycles. The van der Waals surface area contributed by atoms with E-state index in [-0.39, 0.29) is 5.91 Å². The Labute approximate surface area is 199 Å². The van der Waals surface area contributed by atoms with Crippen LogP contribution in [0.15, 0.2) is 59.9 Å². The summed E-state index contributed by atoms with van der Waals surface area (Å²) >= 11 is 7.63. The number of carbonyl (C=O) groups is 1. The maximum Gasteiger partial charge on any atom is 0.254 e. The van der Waals surface area contributed by atoms with E-state index in [1.54, 1.807) is 35.1 Å². The third-order valence-corrected chi connectivity index (χ3v) is 6.63. The molecule has 1 aliphatic heterocycles. The number of rotatable bonds is 4. The fourth-order valence-electron chi connectivity index (χ4n) is 3.91. The summed E-state index contributed by atoms with van der Waals surface area (Å²) in [5.41, 5.74) is 2.31. The Balaban J connectivity index is 1.54. The summed E-state index contributed by atoms with van der Waals surface area (Å²) in [4.78, 5) is 24.8. The summed E-state index contributed by atoms with van der Waals surface area (Å²) < 4.78 is 21.5. The normalized spacial score (nSPS) is 14.1. The predicted molar refractivity (Wildman–Crippen MR) is 128 cm³/mol. The Kier molecular flexibility index (Phi) is 6.05. The minimum absolute atomic E-state index is 0.0219. The molecule has 0 bridgehead atoms. The van der Waals surface area contributed by atoms with Crippen molar-refractivity contribution in [3.05, 3.63) is 71.4 Å². The zero-order valence-electron chi connectivity index (χ0n) is 17.8. The molecule has 6 nitrogen and oxygen atoms in total. The number of fused-ring (bicyclic) bond motifs is 1. The van der Waals surface area contributed by atoms with Crippen molar-refractivity contribution in [3.8, 4) is 17.1 Å². The molecular formula is C24H20ClFN4O2S. The standard InChI is InChI=1S/C24H20ClFN4O2S/c1-33-22-14-30(24-27-12-16(13-28-24)19-11-17(25)3-5-20(19)26)21-10-15(2-4-18(21)22)23(31)29-6-8-32-9-7-29/h2-5,10-14H,6-9H2,1H3. The maximum absolute atomic E-state index is 14.2. The fourth-order valence-corrected chi connectivity index (χ4v) is 4.68. The van der Waals surface area contributed by atoms with E-state index in [1.165, 1.54) is 12.1 Å². The number of amides is 1. The molecule has 0 N–H and O–H groups in total. The highest BCUT2D eigenvalue weighted by Gasteiger charge is 2.20. The zero-order valence-corrected chi connectivity index (χ0v) is 19.4. The number of halogens is 2. The van der Waals surface area contributed by atoms with Gasteiger partial charge in [0.15, 0.2) is 0 Å². The van der Waals surface area contributed by atoms with Gasteiger partial charge < -0.3 is 9.64 Å². The van der Waals surface area contributed by atoms with Crippen LogP contribution in [0.2, 0.25) is 5.02 Å². The Morgan fingerprint density at radius 3 is 2.61 bits per heavy atom. The van der Waals surface area contributed by atoms with Gasteiger partial charge in [0.25, 0.3) is 5.91 Å². The topological polar surface area (TPSA) is 60.2 Å². The highest BCUT2D eigenvalue weighted by Crippen LogP contribution is 2.32. The Morgan fingerprint density at radius 2 is 1.88 bits per heavy atom. The van der Waals surface area contributed by atoms with Crippen LogP contribution >= 0.6 is 23.4 Å². The summed E-state index contributed by atoms with van der Waals surface area (Å²) in [6, 6.07) is 10.1. The van der Waals surface area contributed by atoms with Crippen molar-refractivity contribution in [1.29, 1.82) is 0 Å². The second-order valence-electron chi connectivity index (χ2n) is 7.60. The number of aromatic nitrogens is 3. The minimum Gasteiger partial charge on any atom is -0.378 e. The van der Waals surface area contributed by atoms with Crippen molar-refractivity contribution in [2.75, 3.05) is 32.6 Å². The van der Waals surface area contributed by atoms with E-state index in [2.05, 4.69) is 9.97 Å². The van der Waals surface area contributed by atoms with E-state index in [0.717, 1.165) is 15.8 Å². The molecule has 3 heterocycles. The molecule has 0 aliphatic carbocycles. The van der Waals surface area contributed by atoms with Crippen LogP contribution in [0.1, 0.15) is 10.4 Å². The summed E-state index contributed by atoms with van der Waals surface area (Å²) in [5.74, 6) is 0.0203. The molecule has 1 fully saturated rings. The quantitative estimate of drug-likeness (QED) is 0.380. The van der Waals surface area contributed by atoms with E-state index in [4.69, 9.17) is 16.3 Å². The van der Waals surface area contributed by atoms with Crippen LogP contribution in [-0.4, -0.2) is 57.9 Å². The van der Waals surface area contributed by atoms with Crippen LogP contribution in [0.4, 0.5) is 4.39 Å². The van der Waals surface area contributed by atoms with Gasteiger partial charge in [-0.05, 0) is 36.6 Å². The molecule has 168 valence electrons. The SMILES string of the molecule is CSc1cn(-c2ncc(-c3cc(Cl)ccc3F)cn2)c2cc(C(=O)N3CCOCC3)ccc12. The largest absolute Gasteiger partial charge is 0.378 e. The van der Waals surface area contributed by atoms with Gasteiger partial charge in [-0.1, -0.05) is 17.7 Å². The first-order valence-corrected chi connectivity index (χ1v) is 12.0. The molecule has 2 aromatic heterocycles. The lowest BCUT2D eigenvalue weighted by Crippen LogP contribution is -2.40. The first-order chi connectivity index (χ1) is 16.0. The fraction of sp³-hybridized carbons (Fsp3) is 0.208. The molecule has 4 aromatic rings. The Hall–Kier alpha value is -2.94. The Morgan fingerprint density at radius 1 is 1.12 bits per heavy atom. The third kappa shape index (κ3) is 4.21. The van der Waals surface area contributed by atoms with Gasteiger partial charge >= 0.3 is 0 Å². The lowest BCUT2D eigenvalue weighted by molar-refractivity contribution is 0.0303. The van der Waals surface area contributed by atoms with Gasteiger partial charge in [0, 0.05) is 63.7 Å². The van der Waals surface area contributed by atoms with Gasteiger partial charge in [-0.25, -0.2) is 14.4 Å². The highest BCUT2D eigenvalue weighted by atomic mass is 35.5. The van der Waals surface area contributed by atoms with Crippen molar-refractivity contribution in [1.82, 2.24) is 19.4 Å². The molecule has 0 atom stereocenters. The maximum atomic E-state index is 14.2. The number of thioether (sulfide) groups is 1. The Bertz CT molecular complexity index is 1340. The summed E-state index contributed by atoms with van der Waals surface area (Å²) in [5, 5.41) is 1.45. The lowest BCUT2D eigenvalue weighted by atomic mass is 10.1. The molecular weight excluding hydrogens is 463 g/mol. The van der Waals surface area contributed by atoms with Crippen LogP contribution in [0.25, 0.3) is 28.0 Å². The first kappa shape index (κ1) is 21.9. The van der Waals surface area contributed by atoms with Crippen LogP contribution < -0.4 is 0 Å². The van der Waals surface area contributed by atoms with Crippen molar-refractivity contribution in [2.24, 2.45) is 0 Å². The van der Waals surface area contributed by atoms with E-state index in [1.807, 2.05) is 35.2 Å². The summed E-state index contributed by atoms with van der Waals surface area (Å²) in [6.07, 6.45) is 7.10. The second-order valence-corrected chi connectivity index (χ2v) is 8.88. The number of ether oxygens (including phenoxy) is 1. The molecule has 1 amide bonds. The van der Waals surface area contributed by atoms with Gasteiger partial charge in [-0.2, -0.15) is 0 Å². The van der Waals surface area contributed by atoms with Crippen molar-refractivity contribution >= 4 is 40.2 Å². The average Bonchev–Trinajstić information content (AvgIpc) is 3.24. The van der Waals surface area contributed by atoms with Crippen LogP contribution in [0.5, 0.6) is 0 Å². The number of benzene rings is 2. The average molecular weight is 483 g/mol. The van der Waals surface area contributed by atoms with E-state index in [9.17, 15) is 9.18 Å². The number of nitrogens with zero attached hydrogens (tertiary/aromatic N) is 4. The van der Waals surface area contributed by atoms with Crippen LogP contribution in [0.3, 0.4) is 0 Å². The molecule has 0 radical (unpaired) electrons. The molecule has 1 aliphatic rings. The van der Waals surface area contributed by atoms with Crippen molar-refractivity contribution in [3.63, 3.8) is 0 Å². The predicted octanol–water partition coefficient (Wildman–Crippen LogP) is 5.07. The molecule has 0 spiro atoms. The van der Waals surface area contributed by atoms with Gasteiger partial charge in [-0.15, -0.1) is 11.8 Å². The third-order valence-electron chi connectivity index (χ3n) is 5.63. The second kappa shape index (κ2) is 9.13. The van der Waals surface area contributed by atoms with E-state index in [0.29, 0.717) is 54.0 Å². The first-order valence-electron chi connectivity index (χ1n) is 10.4. The highest BCUT2D eigenvalue weighted by molar-refractivity contribution is 7.98. The molecule has 33 heavy (non-hydrogen) atoms. The van der Waals surface area contributed by atoms with E-state index < -0.39 is 5.82 Å². The number of hydrogen-bond acceptors (Lipinski definition) is 5. The van der Waals surface area contributed by atoms with Gasteiger partial charge in [0.2, 0.25) is 5.95 Å². The summed E-state index contributed by atoms with van der Waals surface area (Å²) in [7, 11) is 0. The van der Waals surface area contributed by atoms with Crippen LogP contribution in [0, 0.1) is 5.82 Å². The minimum atomic E-state index is -0.391. The van der Waals surface area contributed by atoms with E-state index >= 15 is 0 Å². The smallest absolute Gasteiger partial charge is 0.254 e. The van der Waals surface area contributed by atoms with Crippen LogP contribution in [-0.2, 0) is 4.74 Å². The molecule has 9 heteroatoms. The van der Waals surface area contributed by atoms with Crippen molar-refractivity contribution < 1.29 is 13.9 Å². The molecule has 0 unspecified atom stereocenters. The number of morpholine rings is 1. The van der Waals surface area contributed by atoms with Gasteiger partial charge in [0.05, 0.1) is 18.7 Å². The molecule has 0 saturated carbocycles. The lowest BCUT2D eigenvalue weighted by Gasteiger charge is -2.26. The zero-order chi connectivity index (χ0) is 22.9. The van der Waals surface area contributed by atoms with Gasteiger partial charge in [0.1, 0.15) is 5.82 Å².